The number of benzene rings is 2. The lowest BCUT2D eigenvalue weighted by Gasteiger charge is -2.22. The molecule has 0 saturated carbocycles. The molecule has 3 heterocycles. The van der Waals surface area contributed by atoms with Crippen LogP contribution in [0.2, 0.25) is 0 Å². The predicted molar refractivity (Wildman–Crippen MR) is 151 cm³/mol. The first kappa shape index (κ1) is 25.2. The van der Waals surface area contributed by atoms with E-state index >= 15 is 0 Å². The summed E-state index contributed by atoms with van der Waals surface area (Å²) in [6.07, 6.45) is 3.69. The predicted octanol–water partition coefficient (Wildman–Crippen LogP) is 5.22. The number of carbonyl (C=O) groups is 2. The molecular formula is C30H32N6O2. The molecule has 4 N–H and O–H groups in total. The van der Waals surface area contributed by atoms with Gasteiger partial charge in [0.25, 0.3) is 5.91 Å². The van der Waals surface area contributed by atoms with E-state index in [1.165, 1.54) is 0 Å². The maximum atomic E-state index is 13.0. The minimum Gasteiger partial charge on any atom is -0.365 e. The third kappa shape index (κ3) is 4.90. The third-order valence-electron chi connectivity index (χ3n) is 6.37. The van der Waals surface area contributed by atoms with Gasteiger partial charge in [0.1, 0.15) is 17.2 Å². The summed E-state index contributed by atoms with van der Waals surface area (Å²) < 4.78 is 3.59. The highest BCUT2D eigenvalue weighted by Gasteiger charge is 2.23. The second kappa shape index (κ2) is 9.79. The molecule has 0 atom stereocenters. The summed E-state index contributed by atoms with van der Waals surface area (Å²) in [6.45, 7) is 8.64. The Morgan fingerprint density at radius 1 is 1.00 bits per heavy atom. The number of anilines is 1. The van der Waals surface area contributed by atoms with E-state index in [1.54, 1.807) is 23.6 Å². The van der Waals surface area contributed by atoms with Gasteiger partial charge in [-0.15, -0.1) is 0 Å². The van der Waals surface area contributed by atoms with Crippen molar-refractivity contribution in [1.29, 1.82) is 0 Å². The fraction of sp³-hybridized carbons (Fsp3) is 0.233. The van der Waals surface area contributed by atoms with Crippen LogP contribution in [0, 0.1) is 0 Å². The largest absolute Gasteiger partial charge is 0.365 e. The Hall–Kier alpha value is -4.43. The Morgan fingerprint density at radius 2 is 1.76 bits per heavy atom. The molecule has 3 aromatic heterocycles. The molecule has 5 rings (SSSR count). The van der Waals surface area contributed by atoms with Crippen LogP contribution in [0.25, 0.3) is 27.8 Å². The van der Waals surface area contributed by atoms with Crippen LogP contribution >= 0.6 is 0 Å². The lowest BCUT2D eigenvalue weighted by Crippen LogP contribution is -2.27. The van der Waals surface area contributed by atoms with Crippen molar-refractivity contribution in [3.63, 3.8) is 0 Å². The molecular weight excluding hydrogens is 476 g/mol. The summed E-state index contributed by atoms with van der Waals surface area (Å²) in [6, 6.07) is 19.2. The van der Waals surface area contributed by atoms with Crippen molar-refractivity contribution in [3.8, 4) is 11.3 Å². The number of para-hydroxylation sites is 1. The molecule has 8 nitrogen and oxygen atoms in total. The molecule has 0 saturated heterocycles. The van der Waals surface area contributed by atoms with E-state index < -0.39 is 0 Å². The number of aromatic nitrogens is 3. The van der Waals surface area contributed by atoms with E-state index in [2.05, 4.69) is 31.4 Å². The van der Waals surface area contributed by atoms with Crippen molar-refractivity contribution in [2.45, 2.75) is 46.3 Å². The molecule has 0 radical (unpaired) electrons. The first-order valence-corrected chi connectivity index (χ1v) is 12.6. The van der Waals surface area contributed by atoms with Gasteiger partial charge in [-0.25, -0.2) is 4.98 Å². The lowest BCUT2D eigenvalue weighted by atomic mass is 10.1. The number of hydrogen-bond acceptors (Lipinski definition) is 5. The molecule has 0 fully saturated rings. The number of fused-ring (bicyclic) bond motifs is 2. The summed E-state index contributed by atoms with van der Waals surface area (Å²) in [5, 5.41) is 7.50. The molecule has 0 aliphatic rings. The van der Waals surface area contributed by atoms with Crippen LogP contribution in [-0.4, -0.2) is 31.3 Å². The van der Waals surface area contributed by atoms with Crippen molar-refractivity contribution in [3.05, 3.63) is 89.7 Å². The molecule has 0 aliphatic carbocycles. The molecule has 194 valence electrons. The molecule has 0 spiro atoms. The number of rotatable bonds is 6. The number of nitrogens with one attached hydrogen (secondary N) is 2. The van der Waals surface area contributed by atoms with Crippen molar-refractivity contribution >= 4 is 34.2 Å². The summed E-state index contributed by atoms with van der Waals surface area (Å²) in [5.74, 6) is 0.538. The molecule has 0 bridgehead atoms. The van der Waals surface area contributed by atoms with E-state index in [-0.39, 0.29) is 17.4 Å². The van der Waals surface area contributed by atoms with Crippen LogP contribution in [0.5, 0.6) is 0 Å². The minimum atomic E-state index is -0.252. The van der Waals surface area contributed by atoms with Crippen LogP contribution in [-0.2, 0) is 13.1 Å². The Labute approximate surface area is 221 Å². The van der Waals surface area contributed by atoms with Gasteiger partial charge in [-0.3, -0.25) is 18.6 Å². The Balaban J connectivity index is 1.55. The summed E-state index contributed by atoms with van der Waals surface area (Å²) in [5.41, 5.74) is 11.0. The normalized spacial score (nSPS) is 11.7. The fourth-order valence-electron chi connectivity index (χ4n) is 4.63. The lowest BCUT2D eigenvalue weighted by molar-refractivity contribution is 0.0937. The summed E-state index contributed by atoms with van der Waals surface area (Å²) >= 11 is 0. The van der Waals surface area contributed by atoms with Gasteiger partial charge in [0.15, 0.2) is 0 Å². The maximum absolute atomic E-state index is 13.0. The van der Waals surface area contributed by atoms with Gasteiger partial charge in [0.2, 0.25) is 5.91 Å². The number of nitrogens with two attached hydrogens (primary N) is 1. The zero-order valence-electron chi connectivity index (χ0n) is 22.1. The van der Waals surface area contributed by atoms with Gasteiger partial charge in [-0.05, 0) is 50.1 Å². The molecule has 0 aliphatic heterocycles. The molecule has 8 heteroatoms. The topological polar surface area (TPSA) is 106 Å². The molecule has 2 aromatic carbocycles. The molecule has 38 heavy (non-hydrogen) atoms. The van der Waals surface area contributed by atoms with Crippen LogP contribution in [0.3, 0.4) is 0 Å². The maximum Gasteiger partial charge on any atom is 0.251 e. The smallest absolute Gasteiger partial charge is 0.251 e. The molecule has 1 amide bonds. The van der Waals surface area contributed by atoms with Gasteiger partial charge in [-0.1, -0.05) is 42.5 Å². The molecule has 0 unspecified atom stereocenters. The third-order valence-corrected chi connectivity index (χ3v) is 6.37. The monoisotopic (exact) mass is 508 g/mol. The van der Waals surface area contributed by atoms with Gasteiger partial charge < -0.3 is 16.4 Å². The Bertz CT molecular complexity index is 1670. The van der Waals surface area contributed by atoms with Crippen molar-refractivity contribution in [2.24, 2.45) is 5.73 Å². The SMILES string of the molecule is CC(=O)n1cc(-c2nc3cc(C(=O)NCc4cccc(CN)c4)ccn3c2NC(C)(C)C)c2ccccc21. The van der Waals surface area contributed by atoms with Gasteiger partial charge in [0.05, 0.1) is 5.52 Å². The van der Waals surface area contributed by atoms with Crippen LogP contribution < -0.4 is 16.4 Å². The first-order chi connectivity index (χ1) is 18.1. The number of amides is 1. The summed E-state index contributed by atoms with van der Waals surface area (Å²) in [7, 11) is 0. The average Bonchev–Trinajstić information content (AvgIpc) is 3.44. The number of pyridine rings is 1. The van der Waals surface area contributed by atoms with E-state index in [9.17, 15) is 9.59 Å². The number of imidazole rings is 1. The summed E-state index contributed by atoms with van der Waals surface area (Å²) in [4.78, 5) is 30.4. The van der Waals surface area contributed by atoms with Crippen molar-refractivity contribution in [1.82, 2.24) is 19.3 Å². The van der Waals surface area contributed by atoms with Crippen LogP contribution in [0.15, 0.2) is 73.1 Å². The van der Waals surface area contributed by atoms with Crippen LogP contribution in [0.4, 0.5) is 5.82 Å². The van der Waals surface area contributed by atoms with Gasteiger partial charge in [-0.2, -0.15) is 0 Å². The fourth-order valence-corrected chi connectivity index (χ4v) is 4.63. The highest BCUT2D eigenvalue weighted by Crippen LogP contribution is 2.36. The Morgan fingerprint density at radius 3 is 2.50 bits per heavy atom. The average molecular weight is 509 g/mol. The van der Waals surface area contributed by atoms with E-state index in [0.717, 1.165) is 33.4 Å². The molecule has 5 aromatic rings. The highest BCUT2D eigenvalue weighted by atomic mass is 16.2. The van der Waals surface area contributed by atoms with Gasteiger partial charge in [0, 0.05) is 54.5 Å². The second-order valence-electron chi connectivity index (χ2n) is 10.5. The zero-order valence-corrected chi connectivity index (χ0v) is 22.1. The Kier molecular flexibility index (Phi) is 6.50. The quantitative estimate of drug-likeness (QED) is 0.292. The standard InChI is InChI=1S/C30H32N6O2/c1-19(37)36-18-24(23-10-5-6-11-25(23)36)27-28(34-30(2,3)4)35-13-12-22(15-26(35)33-27)29(38)32-17-21-9-7-8-20(14-21)16-31/h5-15,18,34H,16-17,31H2,1-4H3,(H,32,38). The van der Waals surface area contributed by atoms with Gasteiger partial charge >= 0.3 is 0 Å². The van der Waals surface area contributed by atoms with Crippen molar-refractivity contribution in [2.75, 3.05) is 5.32 Å². The van der Waals surface area contributed by atoms with Crippen LogP contribution in [0.1, 0.15) is 54.0 Å². The van der Waals surface area contributed by atoms with Crippen molar-refractivity contribution < 1.29 is 9.59 Å². The number of nitrogens with zero attached hydrogens (tertiary/aromatic N) is 3. The second-order valence-corrected chi connectivity index (χ2v) is 10.5. The minimum absolute atomic E-state index is 0.0718. The van der Waals surface area contributed by atoms with E-state index in [1.807, 2.05) is 65.3 Å². The first-order valence-electron chi connectivity index (χ1n) is 12.6. The highest BCUT2D eigenvalue weighted by molar-refractivity contribution is 6.03. The zero-order chi connectivity index (χ0) is 27.0. The van der Waals surface area contributed by atoms with E-state index in [0.29, 0.717) is 30.0 Å². The number of carbonyl (C=O) groups excluding carboxylic acids is 2. The van der Waals surface area contributed by atoms with E-state index in [4.69, 9.17) is 10.7 Å². The number of hydrogen-bond donors (Lipinski definition) is 3.